The predicted molar refractivity (Wildman–Crippen MR) is 270 cm³/mol. The van der Waals surface area contributed by atoms with Gasteiger partial charge in [0.25, 0.3) is 0 Å². The van der Waals surface area contributed by atoms with Gasteiger partial charge in [0, 0.05) is 19.3 Å². The van der Waals surface area contributed by atoms with E-state index < -0.39 is 6.10 Å². The minimum atomic E-state index is -0.811. The van der Waals surface area contributed by atoms with Crippen LogP contribution in [0.1, 0.15) is 239 Å². The summed E-state index contributed by atoms with van der Waals surface area (Å²) in [5.41, 5.74) is 0. The van der Waals surface area contributed by atoms with E-state index in [0.29, 0.717) is 19.3 Å². The fourth-order valence-corrected chi connectivity index (χ4v) is 7.06. The molecule has 0 spiro atoms. The SMILES string of the molecule is CC\C=C/C=C\C=C/C=C\CCCCCC(=O)OCC(COC(=O)CCC/C=C\C/C=C\C/C=C\CCCCCCCC)OC(=O)CCCCCCCCCCCCCCCCC. The van der Waals surface area contributed by atoms with Gasteiger partial charge in [-0.2, -0.15) is 0 Å². The molecule has 0 radical (unpaired) electrons. The van der Waals surface area contributed by atoms with Crippen LogP contribution in [0, 0.1) is 0 Å². The molecule has 0 aromatic rings. The normalized spacial score (nSPS) is 12.7. The van der Waals surface area contributed by atoms with Gasteiger partial charge in [-0.25, -0.2) is 0 Å². The second-order valence-corrected chi connectivity index (χ2v) is 17.1. The Morgan fingerprint density at radius 3 is 1.19 bits per heavy atom. The van der Waals surface area contributed by atoms with Gasteiger partial charge < -0.3 is 14.2 Å². The Labute approximate surface area is 388 Å². The number of allylic oxidation sites excluding steroid dienone is 14. The van der Waals surface area contributed by atoms with E-state index >= 15 is 0 Å². The Morgan fingerprint density at radius 1 is 0.349 bits per heavy atom. The average Bonchev–Trinajstić information content (AvgIpc) is 3.28. The number of esters is 3. The summed E-state index contributed by atoms with van der Waals surface area (Å²) in [5, 5.41) is 0. The van der Waals surface area contributed by atoms with Gasteiger partial charge in [-0.15, -0.1) is 0 Å². The lowest BCUT2D eigenvalue weighted by atomic mass is 10.0. The molecule has 0 heterocycles. The fourth-order valence-electron chi connectivity index (χ4n) is 7.06. The summed E-state index contributed by atoms with van der Waals surface area (Å²) >= 11 is 0. The molecule has 0 aromatic heterocycles. The van der Waals surface area contributed by atoms with Crippen LogP contribution in [-0.4, -0.2) is 37.2 Å². The summed E-state index contributed by atoms with van der Waals surface area (Å²) in [4.78, 5) is 37.9. The topological polar surface area (TPSA) is 78.9 Å². The second kappa shape index (κ2) is 51.2. The van der Waals surface area contributed by atoms with E-state index in [-0.39, 0.29) is 37.5 Å². The molecule has 6 heteroatoms. The van der Waals surface area contributed by atoms with Crippen LogP contribution < -0.4 is 0 Å². The number of carbonyl (C=O) groups is 3. The van der Waals surface area contributed by atoms with Gasteiger partial charge in [0.05, 0.1) is 0 Å². The standard InChI is InChI=1S/C57H96O6/c1-4-7-10-13-16-19-22-25-27-28-30-32-35-38-41-44-47-50-56(59)62-53-54(52-61-55(58)49-46-43-40-37-34-31-24-21-18-15-12-9-6-3)63-57(60)51-48-45-42-39-36-33-29-26-23-20-17-14-11-8-5-2/h9,12,15,18,21,24-25,27,30-32,34,38,41,54H,4-8,10-11,13-14,16-17,19-20,22-23,26,28-29,33,35-37,39-40,42-53H2,1-3H3/b12-9-,18-15-,24-21-,27-25-,32-30-,34-31-,41-38-. The molecule has 0 saturated heterocycles. The monoisotopic (exact) mass is 877 g/mol. The summed E-state index contributed by atoms with van der Waals surface area (Å²) in [6.45, 7) is 6.41. The zero-order chi connectivity index (χ0) is 45.8. The maximum Gasteiger partial charge on any atom is 0.306 e. The van der Waals surface area contributed by atoms with Gasteiger partial charge in [0.15, 0.2) is 6.10 Å². The predicted octanol–water partition coefficient (Wildman–Crippen LogP) is 17.2. The first-order valence-corrected chi connectivity index (χ1v) is 26.1. The highest BCUT2D eigenvalue weighted by Gasteiger charge is 2.19. The lowest BCUT2D eigenvalue weighted by Gasteiger charge is -2.18. The van der Waals surface area contributed by atoms with Crippen LogP contribution >= 0.6 is 0 Å². The van der Waals surface area contributed by atoms with Crippen LogP contribution in [-0.2, 0) is 28.6 Å². The largest absolute Gasteiger partial charge is 0.462 e. The van der Waals surface area contributed by atoms with E-state index in [0.717, 1.165) is 70.6 Å². The first kappa shape index (κ1) is 59.6. The molecule has 0 fully saturated rings. The van der Waals surface area contributed by atoms with Crippen LogP contribution in [0.3, 0.4) is 0 Å². The maximum absolute atomic E-state index is 12.8. The summed E-state index contributed by atoms with van der Waals surface area (Å²) in [6, 6.07) is 0. The fraction of sp³-hybridized carbons (Fsp3) is 0.702. The van der Waals surface area contributed by atoms with Crippen LogP contribution in [0.5, 0.6) is 0 Å². The molecular formula is C57H96O6. The van der Waals surface area contributed by atoms with E-state index in [9.17, 15) is 14.4 Å². The van der Waals surface area contributed by atoms with Crippen molar-refractivity contribution in [2.45, 2.75) is 245 Å². The summed E-state index contributed by atoms with van der Waals surface area (Å²) in [7, 11) is 0. The highest BCUT2D eigenvalue weighted by molar-refractivity contribution is 5.71. The first-order chi connectivity index (χ1) is 31.0. The molecule has 0 rings (SSSR count). The van der Waals surface area contributed by atoms with Crippen molar-refractivity contribution in [3.05, 3.63) is 85.1 Å². The highest BCUT2D eigenvalue weighted by Crippen LogP contribution is 2.15. The van der Waals surface area contributed by atoms with Crippen molar-refractivity contribution in [2.24, 2.45) is 0 Å². The Morgan fingerprint density at radius 2 is 0.698 bits per heavy atom. The molecule has 0 bridgehead atoms. The van der Waals surface area contributed by atoms with Crippen LogP contribution in [0.25, 0.3) is 0 Å². The lowest BCUT2D eigenvalue weighted by Crippen LogP contribution is -2.30. The van der Waals surface area contributed by atoms with E-state index in [1.165, 1.54) is 122 Å². The van der Waals surface area contributed by atoms with Crippen molar-refractivity contribution in [3.63, 3.8) is 0 Å². The number of hydrogen-bond donors (Lipinski definition) is 0. The molecule has 0 aliphatic rings. The molecular weight excluding hydrogens is 781 g/mol. The molecule has 63 heavy (non-hydrogen) atoms. The smallest absolute Gasteiger partial charge is 0.306 e. The second-order valence-electron chi connectivity index (χ2n) is 17.1. The van der Waals surface area contributed by atoms with Gasteiger partial charge in [-0.1, -0.05) is 234 Å². The highest BCUT2D eigenvalue weighted by atomic mass is 16.6. The van der Waals surface area contributed by atoms with Crippen LogP contribution in [0.15, 0.2) is 85.1 Å². The Balaban J connectivity index is 4.50. The maximum atomic E-state index is 12.8. The quantitative estimate of drug-likeness (QED) is 0.0199. The number of ether oxygens (including phenoxy) is 3. The molecule has 0 aliphatic heterocycles. The third kappa shape index (κ3) is 49.5. The Hall–Kier alpha value is -3.41. The summed E-state index contributed by atoms with van der Waals surface area (Å²) in [6.07, 6.45) is 65.7. The van der Waals surface area contributed by atoms with Gasteiger partial charge in [0.1, 0.15) is 13.2 Å². The van der Waals surface area contributed by atoms with E-state index in [4.69, 9.17) is 14.2 Å². The van der Waals surface area contributed by atoms with Crippen molar-refractivity contribution in [2.75, 3.05) is 13.2 Å². The average molecular weight is 877 g/mol. The van der Waals surface area contributed by atoms with Crippen molar-refractivity contribution in [1.29, 1.82) is 0 Å². The van der Waals surface area contributed by atoms with E-state index in [1.54, 1.807) is 0 Å². The molecule has 1 atom stereocenters. The third-order valence-electron chi connectivity index (χ3n) is 11.0. The van der Waals surface area contributed by atoms with Gasteiger partial charge >= 0.3 is 17.9 Å². The molecule has 0 aliphatic carbocycles. The van der Waals surface area contributed by atoms with Crippen molar-refractivity contribution < 1.29 is 28.6 Å². The summed E-state index contributed by atoms with van der Waals surface area (Å²) in [5.74, 6) is -0.998. The molecule has 1 unspecified atom stereocenters. The van der Waals surface area contributed by atoms with Crippen LogP contribution in [0.4, 0.5) is 0 Å². The first-order valence-electron chi connectivity index (χ1n) is 26.1. The van der Waals surface area contributed by atoms with Crippen LogP contribution in [0.2, 0.25) is 0 Å². The Bertz CT molecular complexity index is 1240. The van der Waals surface area contributed by atoms with Gasteiger partial charge in [0.2, 0.25) is 0 Å². The molecule has 0 amide bonds. The molecule has 0 aromatic carbocycles. The number of carbonyl (C=O) groups excluding carboxylic acids is 3. The minimum Gasteiger partial charge on any atom is -0.462 e. The molecule has 0 saturated carbocycles. The third-order valence-corrected chi connectivity index (χ3v) is 11.0. The summed E-state index contributed by atoms with van der Waals surface area (Å²) < 4.78 is 16.7. The minimum absolute atomic E-state index is 0.111. The molecule has 0 N–H and O–H groups in total. The molecule has 360 valence electrons. The van der Waals surface area contributed by atoms with E-state index in [2.05, 4.69) is 69.4 Å². The molecule has 6 nitrogen and oxygen atoms in total. The van der Waals surface area contributed by atoms with Crippen molar-refractivity contribution in [3.8, 4) is 0 Å². The Kier molecular flexibility index (Phi) is 48.5. The number of hydrogen-bond acceptors (Lipinski definition) is 6. The van der Waals surface area contributed by atoms with E-state index in [1.807, 2.05) is 36.5 Å². The van der Waals surface area contributed by atoms with Crippen molar-refractivity contribution >= 4 is 17.9 Å². The number of unbranched alkanes of at least 4 members (excludes halogenated alkanes) is 24. The zero-order valence-corrected chi connectivity index (χ0v) is 41.1. The van der Waals surface area contributed by atoms with Gasteiger partial charge in [-0.3, -0.25) is 14.4 Å². The lowest BCUT2D eigenvalue weighted by molar-refractivity contribution is -0.167. The number of rotatable bonds is 46. The van der Waals surface area contributed by atoms with Gasteiger partial charge in [-0.05, 0) is 70.6 Å². The van der Waals surface area contributed by atoms with Crippen molar-refractivity contribution in [1.82, 2.24) is 0 Å². The zero-order valence-electron chi connectivity index (χ0n) is 41.1.